The van der Waals surface area contributed by atoms with E-state index in [1.807, 2.05) is 6.92 Å². The predicted octanol–water partition coefficient (Wildman–Crippen LogP) is 1.89. The Bertz CT molecular complexity index is 949. The zero-order chi connectivity index (χ0) is 22.6. The summed E-state index contributed by atoms with van der Waals surface area (Å²) in [5.74, 6) is -4.46. The fourth-order valence-corrected chi connectivity index (χ4v) is 3.29. The molecule has 0 aliphatic carbocycles. The van der Waals surface area contributed by atoms with Gasteiger partial charge in [-0.1, -0.05) is 24.3 Å². The highest BCUT2D eigenvalue weighted by molar-refractivity contribution is 6.03. The third-order valence-corrected chi connectivity index (χ3v) is 4.89. The summed E-state index contributed by atoms with van der Waals surface area (Å²) in [5.41, 5.74) is 1.06. The van der Waals surface area contributed by atoms with Gasteiger partial charge in [-0.15, -0.1) is 0 Å². The van der Waals surface area contributed by atoms with Gasteiger partial charge in [-0.25, -0.2) is 14.0 Å². The van der Waals surface area contributed by atoms with Crippen molar-refractivity contribution in [2.24, 2.45) is 0 Å². The number of halogens is 1. The van der Waals surface area contributed by atoms with Crippen molar-refractivity contribution in [2.45, 2.75) is 31.3 Å². The van der Waals surface area contributed by atoms with E-state index in [1.165, 1.54) is 6.07 Å². The van der Waals surface area contributed by atoms with Crippen molar-refractivity contribution in [3.63, 3.8) is 0 Å². The van der Waals surface area contributed by atoms with Gasteiger partial charge in [-0.3, -0.25) is 0 Å². The summed E-state index contributed by atoms with van der Waals surface area (Å²) in [6.45, 7) is 2.08. The first-order chi connectivity index (χ1) is 14.8. The molecule has 0 spiro atoms. The maximum atomic E-state index is 13.8. The van der Waals surface area contributed by atoms with Crippen molar-refractivity contribution in [1.82, 2.24) is 5.32 Å². The molecule has 166 valence electrons. The highest BCUT2D eigenvalue weighted by Gasteiger charge is 2.59. The number of carbonyl (C=O) groups excluding carboxylic acids is 2. The number of fused-ring (bicyclic) bond motifs is 1. The number of nitrogens with one attached hydrogen (secondary N) is 1. The number of carbonyl (C=O) groups is 2. The fourth-order valence-electron chi connectivity index (χ4n) is 3.29. The van der Waals surface area contributed by atoms with E-state index < -0.39 is 29.6 Å². The number of hydrogen-bond acceptors (Lipinski definition) is 8. The van der Waals surface area contributed by atoms with Crippen LogP contribution in [0.1, 0.15) is 24.2 Å². The summed E-state index contributed by atoms with van der Waals surface area (Å²) in [7, 11) is 2.22. The minimum absolute atomic E-state index is 0.0761. The number of hydrogen-bond donors (Lipinski definition) is 2. The van der Waals surface area contributed by atoms with E-state index in [4.69, 9.17) is 9.47 Å². The lowest BCUT2D eigenvalue weighted by atomic mass is 10.1. The Morgan fingerprint density at radius 1 is 1.10 bits per heavy atom. The molecule has 1 aliphatic heterocycles. The largest absolute Gasteiger partial charge is 0.463 e. The first-order valence-corrected chi connectivity index (χ1v) is 9.64. The molecule has 0 bridgehead atoms. The molecule has 2 N–H and O–H groups in total. The molecular weight excluding hydrogens is 409 g/mol. The fraction of sp³-hybridized carbons (Fsp3) is 0.364. The molecule has 1 heterocycles. The Hall–Kier alpha value is -3.17. The van der Waals surface area contributed by atoms with E-state index in [1.54, 1.807) is 36.4 Å². The average Bonchev–Trinajstić information content (AvgIpc) is 3.16. The normalized spacial score (nSPS) is 15.8. The molecule has 2 aromatic rings. The molecule has 8 nitrogen and oxygen atoms in total. The Morgan fingerprint density at radius 2 is 1.74 bits per heavy atom. The molecule has 2 unspecified atom stereocenters. The third kappa shape index (κ3) is 4.62. The molecule has 31 heavy (non-hydrogen) atoms. The molecule has 2 aromatic carbocycles. The number of benzene rings is 2. The van der Waals surface area contributed by atoms with Crippen LogP contribution in [0.3, 0.4) is 0 Å². The highest BCUT2D eigenvalue weighted by Crippen LogP contribution is 2.41. The SMILES string of the molecule is COC(=O)C1(C(=O)OC)Oc2ccc(CC(C)NCC(O)c3ccccc3F)cc2O1. The number of ether oxygens (including phenoxy) is 4. The standard InChI is InChI=1S/C22H24FNO7/c1-13(24-12-17(25)15-6-4-5-7-16(15)23)10-14-8-9-18-19(11-14)31-22(30-18,20(26)28-2)21(27)29-3/h4-9,11,13,17,24-25H,10,12H2,1-3H3. The van der Waals surface area contributed by atoms with Crippen LogP contribution in [-0.4, -0.2) is 49.6 Å². The molecule has 0 amide bonds. The van der Waals surface area contributed by atoms with Crippen LogP contribution in [0.4, 0.5) is 4.39 Å². The van der Waals surface area contributed by atoms with Crippen molar-refractivity contribution in [2.75, 3.05) is 20.8 Å². The summed E-state index contributed by atoms with van der Waals surface area (Å²) in [5, 5.41) is 13.4. The van der Waals surface area contributed by atoms with Gasteiger partial charge in [0.05, 0.1) is 20.3 Å². The van der Waals surface area contributed by atoms with Crippen molar-refractivity contribution in [3.8, 4) is 11.5 Å². The molecule has 0 saturated heterocycles. The van der Waals surface area contributed by atoms with E-state index in [0.717, 1.165) is 19.8 Å². The summed E-state index contributed by atoms with van der Waals surface area (Å²) < 4.78 is 34.0. The second kappa shape index (κ2) is 9.32. The molecule has 9 heteroatoms. The van der Waals surface area contributed by atoms with Crippen LogP contribution in [0.25, 0.3) is 0 Å². The average molecular weight is 433 g/mol. The zero-order valence-electron chi connectivity index (χ0n) is 17.4. The summed E-state index contributed by atoms with van der Waals surface area (Å²) >= 11 is 0. The quantitative estimate of drug-likeness (QED) is 0.481. The lowest BCUT2D eigenvalue weighted by Gasteiger charge is -2.21. The van der Waals surface area contributed by atoms with E-state index in [-0.39, 0.29) is 29.6 Å². The minimum atomic E-state index is -2.34. The van der Waals surface area contributed by atoms with Crippen molar-refractivity contribution in [1.29, 1.82) is 0 Å². The maximum Gasteiger partial charge on any atom is 0.453 e. The van der Waals surface area contributed by atoms with Gasteiger partial charge in [0.25, 0.3) is 0 Å². The Morgan fingerprint density at radius 3 is 2.39 bits per heavy atom. The minimum Gasteiger partial charge on any atom is -0.463 e. The molecule has 0 saturated carbocycles. The van der Waals surface area contributed by atoms with E-state index in [0.29, 0.717) is 6.42 Å². The number of aliphatic hydroxyl groups excluding tert-OH is 1. The summed E-state index contributed by atoms with van der Waals surface area (Å²) in [4.78, 5) is 24.2. The highest BCUT2D eigenvalue weighted by atomic mass is 19.1. The lowest BCUT2D eigenvalue weighted by Crippen LogP contribution is -2.55. The van der Waals surface area contributed by atoms with Crippen LogP contribution in [0.5, 0.6) is 11.5 Å². The van der Waals surface area contributed by atoms with E-state index in [9.17, 15) is 19.1 Å². The third-order valence-electron chi connectivity index (χ3n) is 4.89. The number of rotatable bonds is 8. The molecule has 0 radical (unpaired) electrons. The first kappa shape index (κ1) is 22.5. The van der Waals surface area contributed by atoms with Crippen LogP contribution in [0, 0.1) is 5.82 Å². The second-order valence-corrected chi connectivity index (χ2v) is 7.14. The van der Waals surface area contributed by atoms with Crippen LogP contribution >= 0.6 is 0 Å². The van der Waals surface area contributed by atoms with Gasteiger partial charge in [-0.05, 0) is 37.1 Å². The van der Waals surface area contributed by atoms with Crippen LogP contribution in [0.15, 0.2) is 42.5 Å². The lowest BCUT2D eigenvalue weighted by molar-refractivity contribution is -0.199. The van der Waals surface area contributed by atoms with Gasteiger partial charge in [0, 0.05) is 18.2 Å². The van der Waals surface area contributed by atoms with Crippen LogP contribution < -0.4 is 14.8 Å². The monoisotopic (exact) mass is 433 g/mol. The Kier molecular flexibility index (Phi) is 6.77. The smallest absolute Gasteiger partial charge is 0.453 e. The maximum absolute atomic E-state index is 13.8. The summed E-state index contributed by atoms with van der Waals surface area (Å²) in [6, 6.07) is 11.0. The van der Waals surface area contributed by atoms with Gasteiger partial charge in [0.2, 0.25) is 0 Å². The molecular formula is C22H24FNO7. The van der Waals surface area contributed by atoms with Crippen molar-refractivity contribution < 1.29 is 38.0 Å². The first-order valence-electron chi connectivity index (χ1n) is 9.64. The molecule has 0 aromatic heterocycles. The van der Waals surface area contributed by atoms with Crippen molar-refractivity contribution in [3.05, 3.63) is 59.4 Å². The van der Waals surface area contributed by atoms with Crippen LogP contribution in [0.2, 0.25) is 0 Å². The summed E-state index contributed by atoms with van der Waals surface area (Å²) in [6.07, 6.45) is -0.453. The number of methoxy groups -OCH3 is 2. The number of esters is 2. The van der Waals surface area contributed by atoms with Crippen LogP contribution in [-0.2, 0) is 25.5 Å². The second-order valence-electron chi connectivity index (χ2n) is 7.14. The zero-order valence-corrected chi connectivity index (χ0v) is 17.4. The topological polar surface area (TPSA) is 103 Å². The van der Waals surface area contributed by atoms with Gasteiger partial charge >= 0.3 is 17.7 Å². The Labute approximate surface area is 178 Å². The van der Waals surface area contributed by atoms with Gasteiger partial charge in [-0.2, -0.15) is 0 Å². The van der Waals surface area contributed by atoms with Gasteiger partial charge in [0.15, 0.2) is 11.5 Å². The number of aliphatic hydroxyl groups is 1. The Balaban J connectivity index is 1.64. The van der Waals surface area contributed by atoms with Crippen molar-refractivity contribution >= 4 is 11.9 Å². The van der Waals surface area contributed by atoms with E-state index >= 15 is 0 Å². The molecule has 3 rings (SSSR count). The molecule has 2 atom stereocenters. The predicted molar refractivity (Wildman–Crippen MR) is 107 cm³/mol. The van der Waals surface area contributed by atoms with Gasteiger partial charge in [0.1, 0.15) is 5.82 Å². The molecule has 1 aliphatic rings. The van der Waals surface area contributed by atoms with Gasteiger partial charge < -0.3 is 29.4 Å². The van der Waals surface area contributed by atoms with E-state index in [2.05, 4.69) is 14.8 Å². The molecule has 0 fully saturated rings.